The van der Waals surface area contributed by atoms with Crippen molar-refractivity contribution < 1.29 is 24.2 Å². The topological polar surface area (TPSA) is 72.8 Å². The summed E-state index contributed by atoms with van der Waals surface area (Å²) in [5.74, 6) is -0.691. The van der Waals surface area contributed by atoms with Crippen LogP contribution in [-0.2, 0) is 16.0 Å². The number of carboxylic acids is 1. The van der Waals surface area contributed by atoms with E-state index in [1.54, 1.807) is 25.3 Å². The van der Waals surface area contributed by atoms with E-state index in [2.05, 4.69) is 0 Å². The summed E-state index contributed by atoms with van der Waals surface area (Å²) in [6, 6.07) is 12.4. The normalized spacial score (nSPS) is 10.2. The van der Waals surface area contributed by atoms with Crippen LogP contribution in [0.4, 0.5) is 0 Å². The van der Waals surface area contributed by atoms with Crippen LogP contribution in [0.3, 0.4) is 0 Å². The third kappa shape index (κ3) is 4.50. The Morgan fingerprint density at radius 3 is 2.35 bits per heavy atom. The lowest BCUT2D eigenvalue weighted by molar-refractivity contribution is -0.136. The summed E-state index contributed by atoms with van der Waals surface area (Å²) >= 11 is 1.40. The highest BCUT2D eigenvalue weighted by atomic mass is 32.2. The first kappa shape index (κ1) is 16.9. The van der Waals surface area contributed by atoms with Crippen molar-refractivity contribution in [2.75, 3.05) is 14.2 Å². The van der Waals surface area contributed by atoms with Crippen molar-refractivity contribution in [3.05, 3.63) is 53.6 Å². The van der Waals surface area contributed by atoms with Crippen LogP contribution in [0.5, 0.6) is 5.75 Å². The molecule has 2 aromatic carbocycles. The van der Waals surface area contributed by atoms with Gasteiger partial charge in [0.1, 0.15) is 5.75 Å². The molecule has 0 atom stereocenters. The number of rotatable bonds is 6. The fraction of sp³-hybridized carbons (Fsp3) is 0.176. The Morgan fingerprint density at radius 1 is 1.09 bits per heavy atom. The number of benzene rings is 2. The number of carbonyl (C=O) groups excluding carboxylic acids is 1. The molecule has 23 heavy (non-hydrogen) atoms. The fourth-order valence-corrected chi connectivity index (χ4v) is 2.91. The average Bonchev–Trinajstić information content (AvgIpc) is 2.55. The largest absolute Gasteiger partial charge is 0.497 e. The predicted molar refractivity (Wildman–Crippen MR) is 86.2 cm³/mol. The van der Waals surface area contributed by atoms with Crippen molar-refractivity contribution in [2.45, 2.75) is 16.2 Å². The Hall–Kier alpha value is -2.47. The Balaban J connectivity index is 2.31. The van der Waals surface area contributed by atoms with E-state index in [-0.39, 0.29) is 6.42 Å². The molecule has 0 saturated carbocycles. The van der Waals surface area contributed by atoms with Gasteiger partial charge >= 0.3 is 11.9 Å². The number of hydrogen-bond donors (Lipinski definition) is 1. The van der Waals surface area contributed by atoms with Crippen LogP contribution < -0.4 is 4.74 Å². The molecule has 0 bridgehead atoms. The van der Waals surface area contributed by atoms with E-state index in [9.17, 15) is 9.59 Å². The second kappa shape index (κ2) is 7.69. The first-order valence-electron chi connectivity index (χ1n) is 6.78. The summed E-state index contributed by atoms with van der Waals surface area (Å²) in [6.45, 7) is 0. The molecular weight excluding hydrogens is 316 g/mol. The molecule has 0 aromatic heterocycles. The Morgan fingerprint density at radius 2 is 1.78 bits per heavy atom. The van der Waals surface area contributed by atoms with Gasteiger partial charge in [0.2, 0.25) is 0 Å². The third-order valence-electron chi connectivity index (χ3n) is 3.09. The smallest absolute Gasteiger partial charge is 0.339 e. The molecule has 0 amide bonds. The molecule has 5 nitrogen and oxygen atoms in total. The van der Waals surface area contributed by atoms with Gasteiger partial charge in [-0.1, -0.05) is 17.8 Å². The van der Waals surface area contributed by atoms with E-state index in [1.165, 1.54) is 18.9 Å². The fourth-order valence-electron chi connectivity index (χ4n) is 1.99. The number of carboxylic acid groups (broad SMARTS) is 1. The molecule has 0 spiro atoms. The molecule has 0 heterocycles. The maximum atomic E-state index is 12.0. The van der Waals surface area contributed by atoms with Crippen LogP contribution in [0, 0.1) is 0 Å². The summed E-state index contributed by atoms with van der Waals surface area (Å²) in [5, 5.41) is 8.87. The minimum absolute atomic E-state index is 0.141. The van der Waals surface area contributed by atoms with Crippen LogP contribution in [0.25, 0.3) is 0 Å². The van der Waals surface area contributed by atoms with Crippen molar-refractivity contribution in [3.63, 3.8) is 0 Å². The molecule has 1 N–H and O–H groups in total. The summed E-state index contributed by atoms with van der Waals surface area (Å²) in [4.78, 5) is 24.4. The highest BCUT2D eigenvalue weighted by molar-refractivity contribution is 7.99. The zero-order chi connectivity index (χ0) is 16.8. The van der Waals surface area contributed by atoms with Crippen molar-refractivity contribution in [3.8, 4) is 5.75 Å². The SMILES string of the molecule is COC(=O)c1cc(CC(=O)O)ccc1Sc1ccc(OC)cc1. The second-order valence-corrected chi connectivity index (χ2v) is 5.79. The molecule has 6 heteroatoms. The molecule has 0 radical (unpaired) electrons. The zero-order valence-electron chi connectivity index (χ0n) is 12.7. The molecule has 0 fully saturated rings. The quantitative estimate of drug-likeness (QED) is 0.819. The number of hydrogen-bond acceptors (Lipinski definition) is 5. The number of aliphatic carboxylic acids is 1. The van der Waals surface area contributed by atoms with Crippen LogP contribution in [-0.4, -0.2) is 31.3 Å². The summed E-state index contributed by atoms with van der Waals surface area (Å²) < 4.78 is 9.90. The number of esters is 1. The zero-order valence-corrected chi connectivity index (χ0v) is 13.6. The second-order valence-electron chi connectivity index (χ2n) is 4.67. The number of ether oxygens (including phenoxy) is 2. The van der Waals surface area contributed by atoms with Crippen LogP contribution in [0.15, 0.2) is 52.3 Å². The van der Waals surface area contributed by atoms with Crippen molar-refractivity contribution in [2.24, 2.45) is 0 Å². The Labute approximate surface area is 138 Å². The highest BCUT2D eigenvalue weighted by Gasteiger charge is 2.15. The molecule has 2 aromatic rings. The van der Waals surface area contributed by atoms with Crippen LogP contribution in [0.1, 0.15) is 15.9 Å². The average molecular weight is 332 g/mol. The van der Waals surface area contributed by atoms with E-state index in [1.807, 2.05) is 24.3 Å². The lowest BCUT2D eigenvalue weighted by atomic mass is 10.1. The van der Waals surface area contributed by atoms with E-state index >= 15 is 0 Å². The van der Waals surface area contributed by atoms with E-state index in [0.29, 0.717) is 16.0 Å². The lowest BCUT2D eigenvalue weighted by Crippen LogP contribution is -2.06. The molecule has 0 unspecified atom stereocenters. The first-order chi connectivity index (χ1) is 11.0. The molecule has 0 saturated heterocycles. The van der Waals surface area contributed by atoms with Gasteiger partial charge in [-0.2, -0.15) is 0 Å². The Kier molecular flexibility index (Phi) is 5.65. The third-order valence-corrected chi connectivity index (χ3v) is 4.18. The minimum Gasteiger partial charge on any atom is -0.497 e. The maximum absolute atomic E-state index is 12.0. The lowest BCUT2D eigenvalue weighted by Gasteiger charge is -2.10. The van der Waals surface area contributed by atoms with Gasteiger partial charge in [0.15, 0.2) is 0 Å². The van der Waals surface area contributed by atoms with Gasteiger partial charge in [-0.05, 0) is 42.0 Å². The van der Waals surface area contributed by atoms with Gasteiger partial charge in [0.05, 0.1) is 26.2 Å². The van der Waals surface area contributed by atoms with Gasteiger partial charge in [-0.3, -0.25) is 4.79 Å². The molecular formula is C17H16O5S. The van der Waals surface area contributed by atoms with Crippen LogP contribution >= 0.6 is 11.8 Å². The Bertz CT molecular complexity index is 709. The van der Waals surface area contributed by atoms with Gasteiger partial charge in [0.25, 0.3) is 0 Å². The number of methoxy groups -OCH3 is 2. The van der Waals surface area contributed by atoms with Gasteiger partial charge in [-0.25, -0.2) is 4.79 Å². The van der Waals surface area contributed by atoms with Crippen molar-refractivity contribution in [1.29, 1.82) is 0 Å². The van der Waals surface area contributed by atoms with Crippen molar-refractivity contribution >= 4 is 23.7 Å². The molecule has 0 aliphatic rings. The van der Waals surface area contributed by atoms with E-state index in [4.69, 9.17) is 14.6 Å². The van der Waals surface area contributed by atoms with E-state index in [0.717, 1.165) is 10.6 Å². The summed E-state index contributed by atoms with van der Waals surface area (Å²) in [6.07, 6.45) is -0.141. The molecule has 2 rings (SSSR count). The van der Waals surface area contributed by atoms with Gasteiger partial charge in [0, 0.05) is 9.79 Å². The summed E-state index contributed by atoms with van der Waals surface area (Å²) in [7, 11) is 2.90. The van der Waals surface area contributed by atoms with Gasteiger partial charge in [-0.15, -0.1) is 0 Å². The number of carbonyl (C=O) groups is 2. The summed E-state index contributed by atoms with van der Waals surface area (Å²) in [5.41, 5.74) is 0.907. The van der Waals surface area contributed by atoms with Crippen LogP contribution in [0.2, 0.25) is 0 Å². The monoisotopic (exact) mass is 332 g/mol. The van der Waals surface area contributed by atoms with Crippen molar-refractivity contribution in [1.82, 2.24) is 0 Å². The van der Waals surface area contributed by atoms with E-state index < -0.39 is 11.9 Å². The molecule has 120 valence electrons. The maximum Gasteiger partial charge on any atom is 0.339 e. The first-order valence-corrected chi connectivity index (χ1v) is 7.60. The van der Waals surface area contributed by atoms with Gasteiger partial charge < -0.3 is 14.6 Å². The molecule has 0 aliphatic carbocycles. The molecule has 0 aliphatic heterocycles. The highest BCUT2D eigenvalue weighted by Crippen LogP contribution is 2.32. The predicted octanol–water partition coefficient (Wildman–Crippen LogP) is 3.26. The minimum atomic E-state index is -0.948. The standard InChI is InChI=1S/C17H16O5S/c1-21-12-4-6-13(7-5-12)23-15-8-3-11(10-16(18)19)9-14(15)17(20)22-2/h3-9H,10H2,1-2H3,(H,18,19).